The van der Waals surface area contributed by atoms with E-state index >= 15 is 0 Å². The third-order valence-corrected chi connectivity index (χ3v) is 4.43. The lowest BCUT2D eigenvalue weighted by Gasteiger charge is -2.28. The van der Waals surface area contributed by atoms with E-state index in [1.807, 2.05) is 0 Å². The topological polar surface area (TPSA) is 55.6 Å². The second kappa shape index (κ2) is 5.34. The molecule has 0 aromatic carbocycles. The van der Waals surface area contributed by atoms with Gasteiger partial charge in [-0.1, -0.05) is 13.3 Å². The van der Waals surface area contributed by atoms with Crippen molar-refractivity contribution in [3.63, 3.8) is 0 Å². The Bertz CT molecular complexity index is 376. The predicted molar refractivity (Wildman–Crippen MR) is 69.0 cm³/mol. The molecule has 100 valence electrons. The van der Waals surface area contributed by atoms with Crippen LogP contribution in [0.25, 0.3) is 0 Å². The zero-order valence-electron chi connectivity index (χ0n) is 11.2. The highest BCUT2D eigenvalue weighted by molar-refractivity contribution is 4.89. The Labute approximate surface area is 108 Å². The van der Waals surface area contributed by atoms with Crippen molar-refractivity contribution in [2.75, 3.05) is 0 Å². The highest BCUT2D eigenvalue weighted by Gasteiger charge is 2.25. The molecule has 18 heavy (non-hydrogen) atoms. The van der Waals surface area contributed by atoms with Gasteiger partial charge in [0.15, 0.2) is 5.82 Å². The van der Waals surface area contributed by atoms with Crippen molar-refractivity contribution in [1.29, 1.82) is 0 Å². The maximum atomic E-state index is 4.20. The zero-order chi connectivity index (χ0) is 12.4. The molecule has 0 atom stereocenters. The molecule has 0 spiro atoms. The van der Waals surface area contributed by atoms with E-state index in [0.717, 1.165) is 18.3 Å². The van der Waals surface area contributed by atoms with Gasteiger partial charge in [-0.2, -0.15) is 0 Å². The average Bonchev–Trinajstić information content (AvgIpc) is 3.14. The lowest BCUT2D eigenvalue weighted by atomic mass is 9.84. The fourth-order valence-electron chi connectivity index (χ4n) is 2.93. The predicted octanol–water partition coefficient (Wildman–Crippen LogP) is 2.07. The van der Waals surface area contributed by atoms with E-state index in [9.17, 15) is 0 Å². The van der Waals surface area contributed by atoms with Crippen LogP contribution in [0.5, 0.6) is 0 Å². The number of nitrogens with zero attached hydrogens (tertiary/aromatic N) is 4. The number of nitrogens with one attached hydrogen (secondary N) is 1. The first kappa shape index (κ1) is 12.1. The fraction of sp³-hybridized carbons (Fsp3) is 0.923. The summed E-state index contributed by atoms with van der Waals surface area (Å²) in [6, 6.07) is 1.24. The lowest BCUT2D eigenvalue weighted by molar-refractivity contribution is 0.248. The summed E-state index contributed by atoms with van der Waals surface area (Å²) < 4.78 is 2.07. The van der Waals surface area contributed by atoms with Crippen molar-refractivity contribution >= 4 is 0 Å². The van der Waals surface area contributed by atoms with Gasteiger partial charge in [0.1, 0.15) is 0 Å². The molecule has 0 radical (unpaired) electrons. The van der Waals surface area contributed by atoms with Crippen LogP contribution in [0, 0.1) is 5.92 Å². The second-order valence-electron chi connectivity index (χ2n) is 5.78. The first-order chi connectivity index (χ1) is 8.86. The minimum atomic E-state index is 0.527. The minimum Gasteiger partial charge on any atom is -0.307 e. The molecule has 5 nitrogen and oxygen atoms in total. The van der Waals surface area contributed by atoms with Crippen LogP contribution in [0.3, 0.4) is 0 Å². The molecule has 5 heteroatoms. The zero-order valence-corrected chi connectivity index (χ0v) is 11.2. The van der Waals surface area contributed by atoms with Gasteiger partial charge in [0.25, 0.3) is 0 Å². The van der Waals surface area contributed by atoms with E-state index in [1.165, 1.54) is 44.9 Å². The fourth-order valence-corrected chi connectivity index (χ4v) is 2.93. The Morgan fingerprint density at radius 2 is 1.94 bits per heavy atom. The Morgan fingerprint density at radius 3 is 2.61 bits per heavy atom. The van der Waals surface area contributed by atoms with Crippen LogP contribution in [0.4, 0.5) is 0 Å². The maximum absolute atomic E-state index is 4.20. The van der Waals surface area contributed by atoms with Crippen LogP contribution in [0.15, 0.2) is 0 Å². The van der Waals surface area contributed by atoms with E-state index in [1.54, 1.807) is 0 Å². The average molecular weight is 249 g/mol. The van der Waals surface area contributed by atoms with E-state index in [2.05, 4.69) is 32.4 Å². The van der Waals surface area contributed by atoms with Crippen molar-refractivity contribution in [3.05, 3.63) is 5.82 Å². The van der Waals surface area contributed by atoms with Crippen LogP contribution >= 0.6 is 0 Å². The van der Waals surface area contributed by atoms with Gasteiger partial charge in [-0.3, -0.25) is 0 Å². The molecule has 0 unspecified atom stereocenters. The van der Waals surface area contributed by atoms with E-state index in [4.69, 9.17) is 0 Å². The third kappa shape index (κ3) is 2.71. The summed E-state index contributed by atoms with van der Waals surface area (Å²) in [5.41, 5.74) is 0. The van der Waals surface area contributed by atoms with E-state index in [0.29, 0.717) is 12.1 Å². The molecule has 1 aromatic heterocycles. The number of hydrogen-bond donors (Lipinski definition) is 1. The van der Waals surface area contributed by atoms with Crippen LogP contribution in [-0.2, 0) is 6.54 Å². The molecule has 0 amide bonds. The van der Waals surface area contributed by atoms with Crippen LogP contribution in [0.1, 0.15) is 63.7 Å². The summed E-state index contributed by atoms with van der Waals surface area (Å²) in [6.45, 7) is 3.12. The number of tetrazole rings is 1. The van der Waals surface area contributed by atoms with E-state index < -0.39 is 0 Å². The monoisotopic (exact) mass is 249 g/mol. The van der Waals surface area contributed by atoms with Crippen molar-refractivity contribution in [2.45, 2.75) is 70.5 Å². The second-order valence-corrected chi connectivity index (χ2v) is 5.78. The summed E-state index contributed by atoms with van der Waals surface area (Å²) in [5, 5.41) is 15.7. The first-order valence-electron chi connectivity index (χ1n) is 7.37. The van der Waals surface area contributed by atoms with Gasteiger partial charge < -0.3 is 5.32 Å². The van der Waals surface area contributed by atoms with Gasteiger partial charge in [-0.25, -0.2) is 4.68 Å². The van der Waals surface area contributed by atoms with Gasteiger partial charge in [0, 0.05) is 6.04 Å². The molecule has 0 saturated heterocycles. The molecule has 1 heterocycles. The van der Waals surface area contributed by atoms with E-state index in [-0.39, 0.29) is 0 Å². The quantitative estimate of drug-likeness (QED) is 0.868. The van der Waals surface area contributed by atoms with Crippen LogP contribution in [0.2, 0.25) is 0 Å². The van der Waals surface area contributed by atoms with Gasteiger partial charge >= 0.3 is 0 Å². The minimum absolute atomic E-state index is 0.527. The first-order valence-corrected chi connectivity index (χ1v) is 7.37. The Kier molecular flexibility index (Phi) is 3.59. The molecule has 3 rings (SSSR count). The van der Waals surface area contributed by atoms with Crippen molar-refractivity contribution < 1.29 is 0 Å². The van der Waals surface area contributed by atoms with Gasteiger partial charge in [0.2, 0.25) is 0 Å². The largest absolute Gasteiger partial charge is 0.307 e. The Balaban J connectivity index is 1.59. The number of rotatable bonds is 5. The van der Waals surface area contributed by atoms with Crippen molar-refractivity contribution in [2.24, 2.45) is 5.92 Å². The van der Waals surface area contributed by atoms with Crippen LogP contribution < -0.4 is 5.32 Å². The maximum Gasteiger partial charge on any atom is 0.165 e. The van der Waals surface area contributed by atoms with Gasteiger partial charge in [0.05, 0.1) is 12.6 Å². The SMILES string of the molecule is CCC1CCC(n2nnnc2CNC2CC2)CC1. The highest BCUT2D eigenvalue weighted by atomic mass is 15.6. The van der Waals surface area contributed by atoms with Crippen molar-refractivity contribution in [1.82, 2.24) is 25.5 Å². The molecule has 1 aromatic rings. The summed E-state index contributed by atoms with van der Waals surface area (Å²) in [4.78, 5) is 0. The van der Waals surface area contributed by atoms with Crippen LogP contribution in [-0.4, -0.2) is 26.2 Å². The summed E-state index contributed by atoms with van der Waals surface area (Å²) >= 11 is 0. The number of hydrogen-bond acceptors (Lipinski definition) is 4. The molecule has 2 saturated carbocycles. The Morgan fingerprint density at radius 1 is 1.17 bits per heavy atom. The molecule has 0 bridgehead atoms. The lowest BCUT2D eigenvalue weighted by Crippen LogP contribution is -2.24. The summed E-state index contributed by atoms with van der Waals surface area (Å²) in [7, 11) is 0. The summed E-state index contributed by atoms with van der Waals surface area (Å²) in [6.07, 6.45) is 9.07. The molecular weight excluding hydrogens is 226 g/mol. The standard InChI is InChI=1S/C13H23N5/c1-2-10-3-7-12(8-4-10)18-13(15-16-17-18)9-14-11-5-6-11/h10-12,14H,2-9H2,1H3. The number of aromatic nitrogens is 4. The molecule has 2 aliphatic rings. The van der Waals surface area contributed by atoms with Gasteiger partial charge in [-0.05, 0) is 54.9 Å². The van der Waals surface area contributed by atoms with Crippen molar-refractivity contribution in [3.8, 4) is 0 Å². The van der Waals surface area contributed by atoms with Gasteiger partial charge in [-0.15, -0.1) is 5.10 Å². The summed E-state index contributed by atoms with van der Waals surface area (Å²) in [5.74, 6) is 1.94. The molecule has 1 N–H and O–H groups in total. The Hall–Kier alpha value is -0.970. The third-order valence-electron chi connectivity index (χ3n) is 4.43. The highest BCUT2D eigenvalue weighted by Crippen LogP contribution is 2.33. The molecule has 0 aliphatic heterocycles. The molecule has 2 fully saturated rings. The normalized spacial score (nSPS) is 28.5. The smallest absolute Gasteiger partial charge is 0.165 e. The molecule has 2 aliphatic carbocycles. The molecular formula is C13H23N5.